The molecule has 5 nitrogen and oxygen atoms in total. The maximum absolute atomic E-state index is 12.2. The van der Waals surface area contributed by atoms with Crippen molar-refractivity contribution in [3.8, 4) is 17.6 Å². The first-order valence-electron chi connectivity index (χ1n) is 11.8. The molecule has 0 aliphatic carbocycles. The number of aromatic hydroxyl groups is 1. The number of hydrogen-bond donors (Lipinski definition) is 1. The number of hydrogen-bond acceptors (Lipinski definition) is 4. The first kappa shape index (κ1) is 25.5. The number of amides is 1. The van der Waals surface area contributed by atoms with Crippen molar-refractivity contribution in [2.45, 2.75) is 83.6 Å². The molecule has 5 heteroatoms. The van der Waals surface area contributed by atoms with Gasteiger partial charge in [-0.15, -0.1) is 5.92 Å². The summed E-state index contributed by atoms with van der Waals surface area (Å²) in [6.07, 6.45) is 13.7. The Hall–Kier alpha value is -2.74. The van der Waals surface area contributed by atoms with Gasteiger partial charge in [0.2, 0.25) is 5.91 Å². The SMILES string of the molecule is COC(=O)CCCCCCN1C(=O)CCC1/C=C/CCCC#CCc1ccc(C)c(O)c1. The number of carbonyl (C=O) groups is 2. The van der Waals surface area contributed by atoms with Crippen LogP contribution in [0.25, 0.3) is 0 Å². The van der Waals surface area contributed by atoms with Crippen LogP contribution in [0, 0.1) is 18.8 Å². The molecule has 1 N–H and O–H groups in total. The monoisotopic (exact) mass is 439 g/mol. The fourth-order valence-corrected chi connectivity index (χ4v) is 3.83. The summed E-state index contributed by atoms with van der Waals surface area (Å²) in [7, 11) is 1.42. The van der Waals surface area contributed by atoms with Gasteiger partial charge in [-0.25, -0.2) is 0 Å². The molecule has 1 aromatic carbocycles. The highest BCUT2D eigenvalue weighted by Gasteiger charge is 2.28. The van der Waals surface area contributed by atoms with Gasteiger partial charge in [0.25, 0.3) is 0 Å². The zero-order valence-electron chi connectivity index (χ0n) is 19.6. The zero-order chi connectivity index (χ0) is 23.2. The number of unbranched alkanes of at least 4 members (excludes halogenated alkanes) is 5. The number of rotatable bonds is 12. The molecule has 32 heavy (non-hydrogen) atoms. The summed E-state index contributed by atoms with van der Waals surface area (Å²) in [5, 5.41) is 9.74. The highest BCUT2D eigenvalue weighted by Crippen LogP contribution is 2.21. The molecule has 174 valence electrons. The van der Waals surface area contributed by atoms with Crippen molar-refractivity contribution in [1.82, 2.24) is 4.90 Å². The summed E-state index contributed by atoms with van der Waals surface area (Å²) in [5.41, 5.74) is 1.92. The first-order chi connectivity index (χ1) is 15.5. The smallest absolute Gasteiger partial charge is 0.305 e. The number of allylic oxidation sites excluding steroid dienone is 1. The number of carbonyl (C=O) groups excluding carboxylic acids is 2. The molecule has 0 spiro atoms. The van der Waals surface area contributed by atoms with Crippen LogP contribution in [0.5, 0.6) is 5.75 Å². The van der Waals surface area contributed by atoms with Crippen LogP contribution in [0.3, 0.4) is 0 Å². The number of likely N-dealkylation sites (tertiary alicyclic amines) is 1. The Kier molecular flexibility index (Phi) is 11.4. The van der Waals surface area contributed by atoms with E-state index in [-0.39, 0.29) is 17.9 Å². The highest BCUT2D eigenvalue weighted by atomic mass is 16.5. The van der Waals surface area contributed by atoms with Gasteiger partial charge in [-0.2, -0.15) is 0 Å². The Morgan fingerprint density at radius 3 is 2.81 bits per heavy atom. The van der Waals surface area contributed by atoms with Crippen LogP contribution in [-0.4, -0.2) is 41.6 Å². The van der Waals surface area contributed by atoms with Gasteiger partial charge in [0.1, 0.15) is 5.75 Å². The standard InChI is InChI=1S/C27H37NO4/c1-22-16-17-23(21-25(22)29)13-9-5-3-4-6-10-14-24-18-19-26(30)28(24)20-12-8-7-11-15-27(31)32-2/h10,14,16-17,21,24,29H,3-4,6-8,11-13,15,18-20H2,1-2H3/b14-10+. The lowest BCUT2D eigenvalue weighted by atomic mass is 10.1. The summed E-state index contributed by atoms with van der Waals surface area (Å²) in [4.78, 5) is 25.3. The number of methoxy groups -OCH3 is 1. The van der Waals surface area contributed by atoms with Gasteiger partial charge in [-0.1, -0.05) is 43.0 Å². The van der Waals surface area contributed by atoms with Crippen LogP contribution >= 0.6 is 0 Å². The minimum atomic E-state index is -0.151. The zero-order valence-corrected chi connectivity index (χ0v) is 19.6. The van der Waals surface area contributed by atoms with Gasteiger partial charge in [0.15, 0.2) is 0 Å². The molecule has 1 aliphatic heterocycles. The quantitative estimate of drug-likeness (QED) is 0.213. The molecule has 1 aliphatic rings. The summed E-state index contributed by atoms with van der Waals surface area (Å²) < 4.78 is 4.65. The van der Waals surface area contributed by atoms with Crippen LogP contribution in [0.15, 0.2) is 30.4 Å². The van der Waals surface area contributed by atoms with E-state index >= 15 is 0 Å². The van der Waals surface area contributed by atoms with E-state index in [1.807, 2.05) is 24.0 Å². The third-order valence-corrected chi connectivity index (χ3v) is 5.85. The number of benzene rings is 1. The van der Waals surface area contributed by atoms with Crippen LogP contribution in [0.2, 0.25) is 0 Å². The number of phenols is 1. The topological polar surface area (TPSA) is 66.8 Å². The van der Waals surface area contributed by atoms with Crippen molar-refractivity contribution >= 4 is 11.9 Å². The Morgan fingerprint density at radius 1 is 1.22 bits per heavy atom. The number of ether oxygens (including phenoxy) is 1. The third-order valence-electron chi connectivity index (χ3n) is 5.85. The molecule has 0 bridgehead atoms. The highest BCUT2D eigenvalue weighted by molar-refractivity contribution is 5.79. The Balaban J connectivity index is 1.61. The number of nitrogens with zero attached hydrogens (tertiary/aromatic N) is 1. The summed E-state index contributed by atoms with van der Waals surface area (Å²) in [6, 6.07) is 5.92. The van der Waals surface area contributed by atoms with E-state index in [1.54, 1.807) is 6.07 Å². The minimum Gasteiger partial charge on any atom is -0.508 e. The van der Waals surface area contributed by atoms with Crippen molar-refractivity contribution in [1.29, 1.82) is 0 Å². The lowest BCUT2D eigenvalue weighted by molar-refractivity contribution is -0.140. The summed E-state index contributed by atoms with van der Waals surface area (Å²) in [6.45, 7) is 2.68. The molecule has 1 heterocycles. The molecular formula is C27H37NO4. The van der Waals surface area contributed by atoms with Crippen molar-refractivity contribution < 1.29 is 19.4 Å². The molecule has 0 radical (unpaired) electrons. The normalized spacial score (nSPS) is 15.8. The number of esters is 1. The van der Waals surface area contributed by atoms with Crippen LogP contribution in [-0.2, 0) is 20.7 Å². The predicted octanol–water partition coefficient (Wildman–Crippen LogP) is 5.09. The molecule has 1 unspecified atom stereocenters. The molecule has 1 atom stereocenters. The van der Waals surface area contributed by atoms with Gasteiger partial charge in [0.05, 0.1) is 13.2 Å². The second-order valence-corrected chi connectivity index (χ2v) is 8.41. The predicted molar refractivity (Wildman–Crippen MR) is 127 cm³/mol. The lowest BCUT2D eigenvalue weighted by Crippen LogP contribution is -2.32. The second-order valence-electron chi connectivity index (χ2n) is 8.41. The summed E-state index contributed by atoms with van der Waals surface area (Å²) in [5.74, 6) is 6.81. The van der Waals surface area contributed by atoms with Crippen LogP contribution in [0.1, 0.15) is 75.3 Å². The molecule has 2 rings (SSSR count). The van der Waals surface area contributed by atoms with Gasteiger partial charge in [-0.05, 0) is 56.2 Å². The van der Waals surface area contributed by atoms with Crippen LogP contribution < -0.4 is 0 Å². The van der Waals surface area contributed by atoms with Crippen LogP contribution in [0.4, 0.5) is 0 Å². The van der Waals surface area contributed by atoms with E-state index in [2.05, 4.69) is 28.7 Å². The molecule has 1 aromatic rings. The van der Waals surface area contributed by atoms with E-state index in [0.717, 1.165) is 69.0 Å². The largest absolute Gasteiger partial charge is 0.508 e. The fourth-order valence-electron chi connectivity index (χ4n) is 3.83. The van der Waals surface area contributed by atoms with E-state index in [4.69, 9.17) is 0 Å². The van der Waals surface area contributed by atoms with E-state index in [9.17, 15) is 14.7 Å². The second kappa shape index (κ2) is 14.3. The van der Waals surface area contributed by atoms with E-state index < -0.39 is 0 Å². The Bertz CT molecular complexity index is 834. The molecule has 0 saturated carbocycles. The van der Waals surface area contributed by atoms with Gasteiger partial charge in [-0.3, -0.25) is 9.59 Å². The average Bonchev–Trinajstić information content (AvgIpc) is 3.13. The molecule has 1 fully saturated rings. The van der Waals surface area contributed by atoms with E-state index in [0.29, 0.717) is 25.0 Å². The van der Waals surface area contributed by atoms with Crippen molar-refractivity contribution in [2.24, 2.45) is 0 Å². The lowest BCUT2D eigenvalue weighted by Gasteiger charge is -2.22. The van der Waals surface area contributed by atoms with Crippen molar-refractivity contribution in [3.63, 3.8) is 0 Å². The fraction of sp³-hybridized carbons (Fsp3) is 0.556. The van der Waals surface area contributed by atoms with E-state index in [1.165, 1.54) is 7.11 Å². The Morgan fingerprint density at radius 2 is 2.03 bits per heavy atom. The van der Waals surface area contributed by atoms with Crippen molar-refractivity contribution in [3.05, 3.63) is 41.5 Å². The molecule has 0 aromatic heterocycles. The molecule has 1 saturated heterocycles. The third kappa shape index (κ3) is 9.18. The number of aryl methyl sites for hydroxylation is 1. The Labute approximate surface area is 192 Å². The summed E-state index contributed by atoms with van der Waals surface area (Å²) >= 11 is 0. The number of phenolic OH excluding ortho intramolecular Hbond substituents is 1. The van der Waals surface area contributed by atoms with Gasteiger partial charge in [0, 0.05) is 32.2 Å². The average molecular weight is 440 g/mol. The molecule has 1 amide bonds. The minimum absolute atomic E-state index is 0.151. The van der Waals surface area contributed by atoms with Gasteiger partial charge < -0.3 is 14.7 Å². The maximum Gasteiger partial charge on any atom is 0.305 e. The first-order valence-corrected chi connectivity index (χ1v) is 11.8. The van der Waals surface area contributed by atoms with Crippen molar-refractivity contribution in [2.75, 3.05) is 13.7 Å². The maximum atomic E-state index is 12.2. The van der Waals surface area contributed by atoms with Gasteiger partial charge >= 0.3 is 5.97 Å². The molecular weight excluding hydrogens is 402 g/mol.